The van der Waals surface area contributed by atoms with Crippen LogP contribution in [0.25, 0.3) is 0 Å². The normalized spacial score (nSPS) is 32.0. The molecule has 3 unspecified atom stereocenters. The minimum absolute atomic E-state index is 0.0848. The lowest BCUT2D eigenvalue weighted by molar-refractivity contribution is -0.138. The highest BCUT2D eigenvalue weighted by Crippen LogP contribution is 2.34. The third-order valence-corrected chi connectivity index (χ3v) is 5.62. The van der Waals surface area contributed by atoms with Crippen molar-refractivity contribution >= 4 is 17.7 Å². The average Bonchev–Trinajstić information content (AvgIpc) is 2.86. The smallest absolute Gasteiger partial charge is 0.239 e. The van der Waals surface area contributed by atoms with Gasteiger partial charge in [-0.15, -0.1) is 0 Å². The maximum atomic E-state index is 12.6. The molecule has 0 aromatic rings. The van der Waals surface area contributed by atoms with E-state index in [-0.39, 0.29) is 6.04 Å². The molecule has 0 bridgehead atoms. The molecule has 1 N–H and O–H groups in total. The van der Waals surface area contributed by atoms with Crippen molar-refractivity contribution in [3.05, 3.63) is 0 Å². The largest absolute Gasteiger partial charge is 0.337 e. The van der Waals surface area contributed by atoms with Crippen molar-refractivity contribution in [2.75, 3.05) is 18.8 Å². The van der Waals surface area contributed by atoms with Crippen LogP contribution >= 0.6 is 11.8 Å². The van der Waals surface area contributed by atoms with Crippen LogP contribution in [-0.2, 0) is 4.79 Å². The van der Waals surface area contributed by atoms with Crippen LogP contribution in [0.1, 0.15) is 52.4 Å². The molecule has 0 radical (unpaired) electrons. The molecule has 3 nitrogen and oxygen atoms in total. The van der Waals surface area contributed by atoms with Crippen LogP contribution in [0.15, 0.2) is 0 Å². The maximum Gasteiger partial charge on any atom is 0.239 e. The number of likely N-dealkylation sites (tertiary alicyclic amines) is 1. The molecule has 2 fully saturated rings. The second kappa shape index (κ2) is 7.53. The van der Waals surface area contributed by atoms with Gasteiger partial charge in [-0.1, -0.05) is 20.3 Å². The Morgan fingerprint density at radius 3 is 2.84 bits per heavy atom. The van der Waals surface area contributed by atoms with Crippen molar-refractivity contribution in [1.29, 1.82) is 0 Å². The SMILES string of the molecule is CCCNC1CCCN(C2CCCC2SCC)C1=O. The summed E-state index contributed by atoms with van der Waals surface area (Å²) in [6, 6.07) is 0.588. The Labute approximate surface area is 121 Å². The van der Waals surface area contributed by atoms with E-state index in [2.05, 4.69) is 24.1 Å². The molecule has 3 atom stereocenters. The molecule has 110 valence electrons. The Balaban J connectivity index is 1.96. The van der Waals surface area contributed by atoms with E-state index in [0.717, 1.165) is 32.4 Å². The first kappa shape index (κ1) is 15.2. The van der Waals surface area contributed by atoms with Gasteiger partial charge in [-0.2, -0.15) is 11.8 Å². The summed E-state index contributed by atoms with van der Waals surface area (Å²) >= 11 is 2.05. The maximum absolute atomic E-state index is 12.6. The lowest BCUT2D eigenvalue weighted by atomic mass is 10.0. The summed E-state index contributed by atoms with van der Waals surface area (Å²) in [5.74, 6) is 1.54. The lowest BCUT2D eigenvalue weighted by Crippen LogP contribution is -2.55. The van der Waals surface area contributed by atoms with E-state index in [1.54, 1.807) is 0 Å². The third kappa shape index (κ3) is 3.66. The molecule has 1 aliphatic carbocycles. The highest BCUT2D eigenvalue weighted by atomic mass is 32.2. The van der Waals surface area contributed by atoms with Gasteiger partial charge < -0.3 is 10.2 Å². The molecule has 1 saturated heterocycles. The number of rotatable bonds is 6. The van der Waals surface area contributed by atoms with E-state index in [1.165, 1.54) is 25.0 Å². The summed E-state index contributed by atoms with van der Waals surface area (Å²) < 4.78 is 0. The lowest BCUT2D eigenvalue weighted by Gasteiger charge is -2.39. The number of amides is 1. The van der Waals surface area contributed by atoms with Crippen LogP contribution in [0.4, 0.5) is 0 Å². The van der Waals surface area contributed by atoms with Gasteiger partial charge in [-0.3, -0.25) is 4.79 Å². The number of carbonyl (C=O) groups is 1. The highest BCUT2D eigenvalue weighted by Gasteiger charge is 2.38. The topological polar surface area (TPSA) is 32.3 Å². The van der Waals surface area contributed by atoms with Crippen LogP contribution in [0, 0.1) is 0 Å². The first-order valence-corrected chi connectivity index (χ1v) is 8.98. The van der Waals surface area contributed by atoms with E-state index in [4.69, 9.17) is 0 Å². The molecule has 0 aromatic heterocycles. The summed E-state index contributed by atoms with van der Waals surface area (Å²) in [5.41, 5.74) is 0. The molecule has 1 amide bonds. The molecular formula is C15H28N2OS. The molecule has 2 aliphatic rings. The predicted molar refractivity (Wildman–Crippen MR) is 82.6 cm³/mol. The predicted octanol–water partition coefficient (Wildman–Crippen LogP) is 2.65. The monoisotopic (exact) mass is 284 g/mol. The minimum atomic E-state index is 0.0848. The van der Waals surface area contributed by atoms with Crippen LogP contribution in [-0.4, -0.2) is 47.0 Å². The fourth-order valence-electron chi connectivity index (χ4n) is 3.41. The van der Waals surface area contributed by atoms with Crippen LogP contribution < -0.4 is 5.32 Å². The van der Waals surface area contributed by atoms with Crippen molar-refractivity contribution in [3.8, 4) is 0 Å². The minimum Gasteiger partial charge on any atom is -0.337 e. The zero-order valence-corrected chi connectivity index (χ0v) is 13.2. The van der Waals surface area contributed by atoms with Crippen molar-refractivity contribution in [3.63, 3.8) is 0 Å². The van der Waals surface area contributed by atoms with Gasteiger partial charge in [-0.25, -0.2) is 0 Å². The molecule has 1 saturated carbocycles. The van der Waals surface area contributed by atoms with Gasteiger partial charge in [0.15, 0.2) is 0 Å². The summed E-state index contributed by atoms with van der Waals surface area (Å²) in [6.45, 7) is 6.32. The fraction of sp³-hybridized carbons (Fsp3) is 0.933. The summed E-state index contributed by atoms with van der Waals surface area (Å²) in [5, 5.41) is 4.10. The molecule has 1 heterocycles. The number of hydrogen-bond donors (Lipinski definition) is 1. The number of thioether (sulfide) groups is 1. The van der Waals surface area contributed by atoms with E-state index < -0.39 is 0 Å². The molecule has 0 aromatic carbocycles. The molecule has 2 rings (SSSR count). The molecular weight excluding hydrogens is 256 g/mol. The first-order valence-electron chi connectivity index (χ1n) is 7.93. The summed E-state index contributed by atoms with van der Waals surface area (Å²) in [6.07, 6.45) is 7.07. The van der Waals surface area contributed by atoms with Gasteiger partial charge in [0.1, 0.15) is 0 Å². The second-order valence-corrected chi connectivity index (χ2v) is 7.19. The standard InChI is InChI=1S/C15H28N2OS/c1-3-10-16-12-7-6-11-17(15(12)18)13-8-5-9-14(13)19-4-2/h12-14,16H,3-11H2,1-2H3. The van der Waals surface area contributed by atoms with Crippen molar-refractivity contribution < 1.29 is 4.79 Å². The van der Waals surface area contributed by atoms with Gasteiger partial charge >= 0.3 is 0 Å². The fourth-order valence-corrected chi connectivity index (χ4v) is 4.67. The Morgan fingerprint density at radius 2 is 2.11 bits per heavy atom. The Hall–Kier alpha value is -0.220. The third-order valence-electron chi connectivity index (χ3n) is 4.31. The summed E-state index contributed by atoms with van der Waals surface area (Å²) in [7, 11) is 0. The van der Waals surface area contributed by atoms with E-state index in [1.807, 2.05) is 11.8 Å². The van der Waals surface area contributed by atoms with Crippen LogP contribution in [0.3, 0.4) is 0 Å². The Morgan fingerprint density at radius 1 is 1.26 bits per heavy atom. The second-order valence-electron chi connectivity index (χ2n) is 5.67. The van der Waals surface area contributed by atoms with Crippen molar-refractivity contribution in [2.45, 2.75) is 69.7 Å². The summed E-state index contributed by atoms with van der Waals surface area (Å²) in [4.78, 5) is 14.8. The van der Waals surface area contributed by atoms with Gasteiger partial charge in [0, 0.05) is 17.8 Å². The first-order chi connectivity index (χ1) is 9.27. The van der Waals surface area contributed by atoms with Gasteiger partial charge in [0.25, 0.3) is 0 Å². The van der Waals surface area contributed by atoms with Crippen LogP contribution in [0.5, 0.6) is 0 Å². The quantitative estimate of drug-likeness (QED) is 0.814. The number of nitrogens with zero attached hydrogens (tertiary/aromatic N) is 1. The van der Waals surface area contributed by atoms with Crippen molar-refractivity contribution in [2.24, 2.45) is 0 Å². The molecule has 1 aliphatic heterocycles. The molecule has 0 spiro atoms. The van der Waals surface area contributed by atoms with E-state index >= 15 is 0 Å². The van der Waals surface area contributed by atoms with Crippen molar-refractivity contribution in [1.82, 2.24) is 10.2 Å². The molecule has 19 heavy (non-hydrogen) atoms. The van der Waals surface area contributed by atoms with Gasteiger partial charge in [0.05, 0.1) is 6.04 Å². The Kier molecular flexibility index (Phi) is 6.02. The van der Waals surface area contributed by atoms with E-state index in [9.17, 15) is 4.79 Å². The average molecular weight is 284 g/mol. The van der Waals surface area contributed by atoms with Gasteiger partial charge in [0.2, 0.25) is 5.91 Å². The molecule has 4 heteroatoms. The zero-order valence-electron chi connectivity index (χ0n) is 12.4. The van der Waals surface area contributed by atoms with Gasteiger partial charge in [-0.05, 0) is 44.4 Å². The Bertz CT molecular complexity index is 298. The number of nitrogens with one attached hydrogen (secondary N) is 1. The van der Waals surface area contributed by atoms with Crippen LogP contribution in [0.2, 0.25) is 0 Å². The van der Waals surface area contributed by atoms with E-state index in [0.29, 0.717) is 17.2 Å². The number of hydrogen-bond acceptors (Lipinski definition) is 3. The number of carbonyl (C=O) groups excluding carboxylic acids is 1. The highest BCUT2D eigenvalue weighted by molar-refractivity contribution is 7.99. The number of piperidine rings is 1. The zero-order chi connectivity index (χ0) is 13.7.